The number of nitrogens with zero attached hydrogens (tertiary/aromatic N) is 10. The lowest BCUT2D eigenvalue weighted by molar-refractivity contribution is 0.258. The van der Waals surface area contributed by atoms with Gasteiger partial charge in [0.1, 0.15) is 71.3 Å². The van der Waals surface area contributed by atoms with Crippen molar-refractivity contribution in [1.29, 1.82) is 47.4 Å². The maximum Gasteiger partial charge on any atom is 0.134 e. The summed E-state index contributed by atoms with van der Waals surface area (Å²) in [4.78, 5) is 2.01. The highest BCUT2D eigenvalue weighted by Crippen LogP contribution is 2.45. The highest BCUT2D eigenvalue weighted by atomic mass is 15.2. The fourth-order valence-corrected chi connectivity index (χ4v) is 7.26. The van der Waals surface area contributed by atoms with E-state index < -0.39 is 5.41 Å². The van der Waals surface area contributed by atoms with Crippen molar-refractivity contribution < 1.29 is 0 Å². The summed E-state index contributed by atoms with van der Waals surface area (Å²) in [7, 11) is 0. The van der Waals surface area contributed by atoms with E-state index in [4.69, 9.17) is 0 Å². The molecule has 0 unspecified atom stereocenters. The molecule has 3 aliphatic carbocycles. The van der Waals surface area contributed by atoms with E-state index in [-0.39, 0.29) is 44.3 Å². The summed E-state index contributed by atoms with van der Waals surface area (Å²) >= 11 is 0. The predicted molar refractivity (Wildman–Crippen MR) is 189 cm³/mol. The molecule has 0 radical (unpaired) electrons. The van der Waals surface area contributed by atoms with E-state index in [9.17, 15) is 47.4 Å². The fraction of sp³-hybridized carbons (Fsp3) is 0.475. The molecule has 3 aliphatic rings. The van der Waals surface area contributed by atoms with Crippen molar-refractivity contribution in [3.8, 4) is 54.6 Å². The Morgan fingerprint density at radius 3 is 1.10 bits per heavy atom. The number of nitrogens with one attached hydrogen (secondary N) is 2. The van der Waals surface area contributed by atoms with E-state index in [0.29, 0.717) is 98.5 Å². The van der Waals surface area contributed by atoms with Crippen LogP contribution in [0.1, 0.15) is 80.1 Å². The van der Waals surface area contributed by atoms with Gasteiger partial charge >= 0.3 is 0 Å². The molecule has 0 aromatic heterocycles. The number of allylic oxidation sites excluding steroid dienone is 12. The largest absolute Gasteiger partial charge is 0.385 e. The van der Waals surface area contributed by atoms with E-state index in [1.54, 1.807) is 0 Å². The summed E-state index contributed by atoms with van der Waals surface area (Å²) in [6.45, 7) is 13.3. The van der Waals surface area contributed by atoms with Gasteiger partial charge in [-0.1, -0.05) is 41.5 Å². The standard InChI is InChI=1S/C40H40N12/c1-38(2)11-29(26(17-41)18-42)32(23-47)35(14-38)50-7-9-52(37-16-40(5,6)13-31(34(37)25-49)28(21-45)22-46)10-8-51-36-15-39(3,4)12-30(33(36)24-48)27(19-43)20-44/h50-51H,7-16H2,1-6H3. The zero-order chi connectivity index (χ0) is 38.9. The van der Waals surface area contributed by atoms with Gasteiger partial charge in [-0.05, 0) is 54.8 Å². The Hall–Kier alpha value is -6.75. The Balaban J connectivity index is 2.10. The smallest absolute Gasteiger partial charge is 0.134 e. The Morgan fingerprint density at radius 2 is 0.788 bits per heavy atom. The Bertz CT molecular complexity index is 1960. The van der Waals surface area contributed by atoms with Gasteiger partial charge in [-0.3, -0.25) is 0 Å². The molecule has 0 fully saturated rings. The molecule has 0 atom stereocenters. The molecule has 2 N–H and O–H groups in total. The molecular weight excluding hydrogens is 649 g/mol. The van der Waals surface area contributed by atoms with Gasteiger partial charge in [0.25, 0.3) is 0 Å². The second-order valence-electron chi connectivity index (χ2n) is 15.5. The van der Waals surface area contributed by atoms with Crippen LogP contribution in [0, 0.1) is 118 Å². The Labute approximate surface area is 306 Å². The second-order valence-corrected chi connectivity index (χ2v) is 15.5. The summed E-state index contributed by atoms with van der Waals surface area (Å²) < 4.78 is 0. The average molecular weight is 689 g/mol. The first-order chi connectivity index (χ1) is 24.6. The quantitative estimate of drug-likeness (QED) is 0.254. The highest BCUT2D eigenvalue weighted by Gasteiger charge is 2.37. The van der Waals surface area contributed by atoms with Crippen LogP contribution >= 0.6 is 0 Å². The Morgan fingerprint density at radius 1 is 0.481 bits per heavy atom. The molecule has 52 heavy (non-hydrogen) atoms. The van der Waals surface area contributed by atoms with Crippen molar-refractivity contribution in [2.45, 2.75) is 80.1 Å². The predicted octanol–water partition coefficient (Wildman–Crippen LogP) is 6.29. The molecule has 0 saturated carbocycles. The lowest BCUT2D eigenvalue weighted by Crippen LogP contribution is -2.40. The van der Waals surface area contributed by atoms with Crippen LogP contribution in [0.15, 0.2) is 67.2 Å². The van der Waals surface area contributed by atoms with Gasteiger partial charge in [0, 0.05) is 60.0 Å². The molecule has 3 rings (SSSR count). The minimum Gasteiger partial charge on any atom is -0.385 e. The SMILES string of the molecule is CC1(C)CC(NCCN(CCNC2=C(C#N)C(=C(C#N)C#N)CC(C)(C)C2)C2=C(C#N)C(=C(C#N)C#N)CC(C)(C)C2)=C(C#N)C(=C(C#N)C#N)C1. The van der Waals surface area contributed by atoms with Crippen LogP contribution in [0.25, 0.3) is 0 Å². The van der Waals surface area contributed by atoms with Crippen LogP contribution in [0.2, 0.25) is 0 Å². The van der Waals surface area contributed by atoms with Crippen molar-refractivity contribution in [3.63, 3.8) is 0 Å². The summed E-state index contributed by atoms with van der Waals surface area (Å²) in [5, 5.41) is 95.5. The zero-order valence-corrected chi connectivity index (χ0v) is 30.5. The molecule has 0 spiro atoms. The van der Waals surface area contributed by atoms with Crippen molar-refractivity contribution in [3.05, 3.63) is 67.2 Å². The maximum atomic E-state index is 10.4. The third-order valence-electron chi connectivity index (χ3n) is 9.45. The minimum atomic E-state index is -0.397. The molecule has 0 saturated heterocycles. The molecule has 0 aliphatic heterocycles. The summed E-state index contributed by atoms with van der Waals surface area (Å²) in [6.07, 6.45) is 2.66. The first-order valence-corrected chi connectivity index (χ1v) is 16.8. The topological polar surface area (TPSA) is 241 Å². The normalized spacial score (nSPS) is 18.4. The number of rotatable bonds is 9. The summed E-state index contributed by atoms with van der Waals surface area (Å²) in [5.41, 5.74) is 2.53. The van der Waals surface area contributed by atoms with E-state index in [1.807, 2.05) is 82.9 Å². The first kappa shape index (κ1) is 39.7. The van der Waals surface area contributed by atoms with Gasteiger partial charge < -0.3 is 15.5 Å². The molecule has 12 heteroatoms. The van der Waals surface area contributed by atoms with Gasteiger partial charge in [0.05, 0.1) is 16.7 Å². The van der Waals surface area contributed by atoms with Gasteiger partial charge in [0.2, 0.25) is 0 Å². The van der Waals surface area contributed by atoms with Crippen molar-refractivity contribution in [1.82, 2.24) is 15.5 Å². The molecule has 260 valence electrons. The van der Waals surface area contributed by atoms with Crippen molar-refractivity contribution >= 4 is 0 Å². The van der Waals surface area contributed by atoms with Gasteiger partial charge in [-0.2, -0.15) is 47.4 Å². The molecule has 0 aromatic rings. The average Bonchev–Trinajstić information content (AvgIpc) is 3.08. The minimum absolute atomic E-state index is 0.0960. The molecule has 0 heterocycles. The summed E-state index contributed by atoms with van der Waals surface area (Å²) in [5.74, 6) is 0. The van der Waals surface area contributed by atoms with Crippen LogP contribution in [0.5, 0.6) is 0 Å². The highest BCUT2D eigenvalue weighted by molar-refractivity contribution is 5.59. The van der Waals surface area contributed by atoms with Crippen molar-refractivity contribution in [2.75, 3.05) is 26.2 Å². The molecular formula is C40H40N12. The van der Waals surface area contributed by atoms with E-state index in [1.165, 1.54) is 0 Å². The van der Waals surface area contributed by atoms with Crippen molar-refractivity contribution in [2.24, 2.45) is 16.2 Å². The van der Waals surface area contributed by atoms with E-state index >= 15 is 0 Å². The van der Waals surface area contributed by atoms with E-state index in [2.05, 4.69) is 28.8 Å². The van der Waals surface area contributed by atoms with Gasteiger partial charge in [0.15, 0.2) is 0 Å². The molecule has 0 aromatic carbocycles. The summed E-state index contributed by atoms with van der Waals surface area (Å²) in [6, 6.07) is 18.3. The van der Waals surface area contributed by atoms with Crippen LogP contribution < -0.4 is 10.6 Å². The molecule has 12 nitrogen and oxygen atoms in total. The van der Waals surface area contributed by atoms with Crippen LogP contribution in [-0.4, -0.2) is 31.1 Å². The lowest BCUT2D eigenvalue weighted by atomic mass is 9.72. The first-order valence-electron chi connectivity index (χ1n) is 16.8. The maximum absolute atomic E-state index is 10.4. The number of nitriles is 9. The van der Waals surface area contributed by atoms with Gasteiger partial charge in [-0.25, -0.2) is 0 Å². The van der Waals surface area contributed by atoms with E-state index in [0.717, 1.165) is 0 Å². The number of hydrogen-bond acceptors (Lipinski definition) is 12. The van der Waals surface area contributed by atoms with Crippen LogP contribution in [0.4, 0.5) is 0 Å². The van der Waals surface area contributed by atoms with Gasteiger partial charge in [-0.15, -0.1) is 0 Å². The second kappa shape index (κ2) is 16.3. The third kappa shape index (κ3) is 8.88. The number of hydrogen-bond donors (Lipinski definition) is 2. The van der Waals surface area contributed by atoms with Crippen LogP contribution in [0.3, 0.4) is 0 Å². The Kier molecular flexibility index (Phi) is 12.4. The molecule has 0 amide bonds. The lowest BCUT2D eigenvalue weighted by Gasteiger charge is -2.39. The fourth-order valence-electron chi connectivity index (χ4n) is 7.26. The monoisotopic (exact) mass is 688 g/mol. The third-order valence-corrected chi connectivity index (χ3v) is 9.45. The van der Waals surface area contributed by atoms with Crippen LogP contribution in [-0.2, 0) is 0 Å². The molecule has 0 bridgehead atoms. The zero-order valence-electron chi connectivity index (χ0n) is 30.5.